The van der Waals surface area contributed by atoms with E-state index in [1.807, 2.05) is 18.7 Å². The van der Waals surface area contributed by atoms with Gasteiger partial charge in [-0.2, -0.15) is 0 Å². The van der Waals surface area contributed by atoms with Gasteiger partial charge in [-0.25, -0.2) is 4.98 Å². The molecule has 1 aliphatic rings. The van der Waals surface area contributed by atoms with E-state index in [1.54, 1.807) is 6.20 Å². The van der Waals surface area contributed by atoms with Gasteiger partial charge in [-0.05, 0) is 26.3 Å². The Kier molecular flexibility index (Phi) is 4.85. The molecule has 0 aromatic carbocycles. The fraction of sp³-hybridized carbons (Fsp3) is 0.571. The summed E-state index contributed by atoms with van der Waals surface area (Å²) in [5, 5.41) is 11.7. The molecular formula is C14H20N4O3. The van der Waals surface area contributed by atoms with Crippen LogP contribution in [-0.2, 0) is 4.79 Å². The van der Waals surface area contributed by atoms with Crippen molar-refractivity contribution in [2.45, 2.75) is 38.8 Å². The van der Waals surface area contributed by atoms with Gasteiger partial charge in [-0.15, -0.1) is 0 Å². The molecule has 114 valence electrons. The first-order valence-electron chi connectivity index (χ1n) is 7.05. The second-order valence-electron chi connectivity index (χ2n) is 5.30. The van der Waals surface area contributed by atoms with E-state index < -0.39 is 5.97 Å². The van der Waals surface area contributed by atoms with Crippen molar-refractivity contribution in [1.82, 2.24) is 20.2 Å². The van der Waals surface area contributed by atoms with E-state index in [4.69, 9.17) is 5.11 Å². The van der Waals surface area contributed by atoms with Crippen LogP contribution in [0.5, 0.6) is 0 Å². The second kappa shape index (κ2) is 6.62. The lowest BCUT2D eigenvalue weighted by Gasteiger charge is -2.42. The molecule has 1 aromatic rings. The van der Waals surface area contributed by atoms with Crippen molar-refractivity contribution in [1.29, 1.82) is 0 Å². The summed E-state index contributed by atoms with van der Waals surface area (Å²) in [7, 11) is 0. The van der Waals surface area contributed by atoms with Gasteiger partial charge in [0, 0.05) is 18.3 Å². The van der Waals surface area contributed by atoms with Crippen molar-refractivity contribution in [2.24, 2.45) is 0 Å². The number of hydrogen-bond acceptors (Lipinski definition) is 5. The lowest BCUT2D eigenvalue weighted by molar-refractivity contribution is -0.139. The summed E-state index contributed by atoms with van der Waals surface area (Å²) in [4.78, 5) is 32.7. The van der Waals surface area contributed by atoms with E-state index >= 15 is 0 Å². The van der Waals surface area contributed by atoms with Crippen LogP contribution >= 0.6 is 0 Å². The summed E-state index contributed by atoms with van der Waals surface area (Å²) in [6.45, 7) is 4.50. The fourth-order valence-corrected chi connectivity index (χ4v) is 2.45. The Morgan fingerprint density at radius 1 is 1.38 bits per heavy atom. The maximum atomic E-state index is 12.0. The molecule has 0 bridgehead atoms. The van der Waals surface area contributed by atoms with E-state index in [9.17, 15) is 9.59 Å². The first-order valence-corrected chi connectivity index (χ1v) is 7.05. The van der Waals surface area contributed by atoms with Crippen LogP contribution in [0.3, 0.4) is 0 Å². The van der Waals surface area contributed by atoms with E-state index in [0.29, 0.717) is 12.2 Å². The Bertz CT molecular complexity index is 511. The number of amides is 1. The van der Waals surface area contributed by atoms with Gasteiger partial charge < -0.3 is 10.4 Å². The van der Waals surface area contributed by atoms with Crippen molar-refractivity contribution in [3.05, 3.63) is 23.8 Å². The third-order valence-corrected chi connectivity index (χ3v) is 3.72. The maximum absolute atomic E-state index is 12.0. The minimum Gasteiger partial charge on any atom is -0.480 e. The lowest BCUT2D eigenvalue weighted by Crippen LogP contribution is -2.54. The smallest absolute Gasteiger partial charge is 0.317 e. The van der Waals surface area contributed by atoms with Gasteiger partial charge in [-0.1, -0.05) is 6.92 Å². The number of hydrogen-bond donors (Lipinski definition) is 2. The highest BCUT2D eigenvalue weighted by Crippen LogP contribution is 2.25. The molecule has 1 aliphatic carbocycles. The average Bonchev–Trinajstić information content (AvgIpc) is 2.40. The molecule has 1 heterocycles. The number of aliphatic carboxylic acids is 1. The Balaban J connectivity index is 1.80. The zero-order valence-corrected chi connectivity index (χ0v) is 12.2. The van der Waals surface area contributed by atoms with Crippen LogP contribution in [0.25, 0.3) is 0 Å². The van der Waals surface area contributed by atoms with Crippen molar-refractivity contribution in [3.8, 4) is 0 Å². The van der Waals surface area contributed by atoms with Crippen LogP contribution in [0.15, 0.2) is 12.4 Å². The van der Waals surface area contributed by atoms with Gasteiger partial charge in [0.05, 0.1) is 18.4 Å². The number of aryl methyl sites for hydroxylation is 1. The van der Waals surface area contributed by atoms with E-state index in [0.717, 1.165) is 18.5 Å². The number of likely N-dealkylation sites (N-methyl/N-ethyl adjacent to an activating group) is 1. The first-order chi connectivity index (χ1) is 9.99. The normalized spacial score (nSPS) is 20.9. The van der Waals surface area contributed by atoms with E-state index in [2.05, 4.69) is 15.3 Å². The molecule has 1 saturated carbocycles. The van der Waals surface area contributed by atoms with Crippen LogP contribution in [-0.4, -0.2) is 57.0 Å². The molecule has 1 amide bonds. The number of carboxylic acids is 1. The van der Waals surface area contributed by atoms with Crippen molar-refractivity contribution in [2.75, 3.05) is 13.1 Å². The molecule has 0 aliphatic heterocycles. The second-order valence-corrected chi connectivity index (χ2v) is 5.30. The molecule has 21 heavy (non-hydrogen) atoms. The number of aromatic nitrogens is 2. The molecule has 7 heteroatoms. The predicted octanol–water partition coefficient (Wildman–Crippen LogP) is 0.452. The van der Waals surface area contributed by atoms with Crippen LogP contribution in [0, 0.1) is 6.92 Å². The zero-order chi connectivity index (χ0) is 15.4. The molecule has 1 aromatic heterocycles. The lowest BCUT2D eigenvalue weighted by atomic mass is 9.85. The third kappa shape index (κ3) is 3.98. The molecule has 2 N–H and O–H groups in total. The van der Waals surface area contributed by atoms with Gasteiger partial charge in [0.15, 0.2) is 0 Å². The number of carbonyl (C=O) groups is 2. The number of carboxylic acid groups (broad SMARTS) is 1. The third-order valence-electron chi connectivity index (χ3n) is 3.72. The molecular weight excluding hydrogens is 272 g/mol. The summed E-state index contributed by atoms with van der Waals surface area (Å²) in [5.74, 6) is -1.05. The summed E-state index contributed by atoms with van der Waals surface area (Å²) < 4.78 is 0. The number of rotatable bonds is 6. The van der Waals surface area contributed by atoms with E-state index in [1.165, 1.54) is 6.20 Å². The standard InChI is InChI=1S/C14H20N4O3/c1-3-18(8-13(19)20)11-4-10(5-11)17-14(21)12-7-15-9(2)6-16-12/h6-7,10-11H,3-5,8H2,1-2H3,(H,17,21)(H,19,20). The Morgan fingerprint density at radius 2 is 2.10 bits per heavy atom. The SMILES string of the molecule is CCN(CC(=O)O)C1CC(NC(=O)c2cnc(C)cn2)C1. The maximum Gasteiger partial charge on any atom is 0.317 e. The highest BCUT2D eigenvalue weighted by molar-refractivity contribution is 5.92. The molecule has 1 fully saturated rings. The van der Waals surface area contributed by atoms with E-state index in [-0.39, 0.29) is 24.5 Å². The number of nitrogens with one attached hydrogen (secondary N) is 1. The van der Waals surface area contributed by atoms with Gasteiger partial charge in [0.25, 0.3) is 5.91 Å². The Hall–Kier alpha value is -2.02. The summed E-state index contributed by atoms with van der Waals surface area (Å²) in [5.41, 5.74) is 1.07. The predicted molar refractivity (Wildman–Crippen MR) is 75.9 cm³/mol. The first kappa shape index (κ1) is 15.4. The molecule has 0 unspecified atom stereocenters. The molecule has 0 radical (unpaired) electrons. The van der Waals surface area contributed by atoms with Crippen LogP contribution in [0.4, 0.5) is 0 Å². The fourth-order valence-electron chi connectivity index (χ4n) is 2.45. The number of carbonyl (C=O) groups excluding carboxylic acids is 1. The summed E-state index contributed by atoms with van der Waals surface area (Å²) in [6, 6.07) is 0.300. The van der Waals surface area contributed by atoms with Crippen LogP contribution in [0.1, 0.15) is 35.9 Å². The minimum atomic E-state index is -0.820. The Labute approximate surface area is 123 Å². The highest BCUT2D eigenvalue weighted by Gasteiger charge is 2.34. The minimum absolute atomic E-state index is 0.0469. The van der Waals surface area contributed by atoms with Gasteiger partial charge in [-0.3, -0.25) is 19.5 Å². The zero-order valence-electron chi connectivity index (χ0n) is 12.2. The van der Waals surface area contributed by atoms with Crippen molar-refractivity contribution in [3.63, 3.8) is 0 Å². The van der Waals surface area contributed by atoms with Gasteiger partial charge in [0.1, 0.15) is 5.69 Å². The quantitative estimate of drug-likeness (QED) is 0.790. The van der Waals surface area contributed by atoms with Crippen molar-refractivity contribution < 1.29 is 14.7 Å². The van der Waals surface area contributed by atoms with Gasteiger partial charge >= 0.3 is 5.97 Å². The monoisotopic (exact) mass is 292 g/mol. The molecule has 0 spiro atoms. The van der Waals surface area contributed by atoms with Gasteiger partial charge in [0.2, 0.25) is 0 Å². The van der Waals surface area contributed by atoms with Crippen LogP contribution < -0.4 is 5.32 Å². The summed E-state index contributed by atoms with van der Waals surface area (Å²) in [6.07, 6.45) is 4.56. The molecule has 2 rings (SSSR count). The largest absolute Gasteiger partial charge is 0.480 e. The molecule has 0 atom stereocenters. The van der Waals surface area contributed by atoms with Crippen molar-refractivity contribution >= 4 is 11.9 Å². The van der Waals surface area contributed by atoms with Crippen LogP contribution in [0.2, 0.25) is 0 Å². The highest BCUT2D eigenvalue weighted by atomic mass is 16.4. The average molecular weight is 292 g/mol. The number of nitrogens with zero attached hydrogens (tertiary/aromatic N) is 3. The summed E-state index contributed by atoms with van der Waals surface area (Å²) >= 11 is 0. The molecule has 0 saturated heterocycles. The topological polar surface area (TPSA) is 95.4 Å². The molecule has 7 nitrogen and oxygen atoms in total. The Morgan fingerprint density at radius 3 is 2.62 bits per heavy atom.